The van der Waals surface area contributed by atoms with Gasteiger partial charge >= 0.3 is 0 Å². The van der Waals surface area contributed by atoms with Crippen molar-refractivity contribution in [3.63, 3.8) is 0 Å². The molecule has 0 aromatic heterocycles. The summed E-state index contributed by atoms with van der Waals surface area (Å²) in [6.07, 6.45) is 5.01. The van der Waals surface area contributed by atoms with E-state index < -0.39 is 0 Å². The van der Waals surface area contributed by atoms with E-state index in [1.165, 1.54) is 36.8 Å². The van der Waals surface area contributed by atoms with Gasteiger partial charge in [0.25, 0.3) is 0 Å². The van der Waals surface area contributed by atoms with Gasteiger partial charge in [0.1, 0.15) is 0 Å². The molecule has 2 unspecified atom stereocenters. The zero-order valence-corrected chi connectivity index (χ0v) is 18.0. The van der Waals surface area contributed by atoms with Crippen LogP contribution in [-0.4, -0.2) is 49.2 Å². The molecular formula is C25H34N4O. The van der Waals surface area contributed by atoms with E-state index in [0.717, 1.165) is 19.0 Å². The Bertz CT molecular complexity index is 781. The molecule has 2 aromatic rings. The summed E-state index contributed by atoms with van der Waals surface area (Å²) in [7, 11) is 1.85. The fourth-order valence-corrected chi connectivity index (χ4v) is 4.84. The van der Waals surface area contributed by atoms with Crippen LogP contribution in [0.15, 0.2) is 65.7 Å². The van der Waals surface area contributed by atoms with Crippen molar-refractivity contribution >= 4 is 5.96 Å². The average molecular weight is 407 g/mol. The fourth-order valence-electron chi connectivity index (χ4n) is 4.84. The van der Waals surface area contributed by atoms with E-state index in [4.69, 9.17) is 4.74 Å². The molecular weight excluding hydrogens is 372 g/mol. The van der Waals surface area contributed by atoms with Gasteiger partial charge in [0, 0.05) is 38.3 Å². The number of nitrogens with one attached hydrogen (secondary N) is 2. The minimum atomic E-state index is 0.492. The number of aliphatic imine (C=N–C) groups is 1. The van der Waals surface area contributed by atoms with Crippen molar-refractivity contribution in [3.8, 4) is 0 Å². The van der Waals surface area contributed by atoms with Gasteiger partial charge in [-0.2, -0.15) is 0 Å². The molecule has 160 valence electrons. The Balaban J connectivity index is 1.19. The number of nitrogens with zero attached hydrogens (tertiary/aromatic N) is 2. The van der Waals surface area contributed by atoms with Crippen LogP contribution >= 0.6 is 0 Å². The Kier molecular flexibility index (Phi) is 7.38. The molecule has 2 heterocycles. The predicted octanol–water partition coefficient (Wildman–Crippen LogP) is 3.56. The Morgan fingerprint density at radius 1 is 0.967 bits per heavy atom. The first-order valence-corrected chi connectivity index (χ1v) is 11.2. The standard InChI is InChI=1S/C25H34N4O/c1-26-25(27-14-15-30-19-21-10-6-3-7-11-21)28-22-16-23-12-13-24(17-22)29(23)18-20-8-4-2-5-9-20/h2-11,22-24H,12-19H2,1H3,(H2,26,27,28). The van der Waals surface area contributed by atoms with Crippen molar-refractivity contribution < 1.29 is 4.74 Å². The second-order valence-electron chi connectivity index (χ2n) is 8.39. The maximum Gasteiger partial charge on any atom is 0.191 e. The van der Waals surface area contributed by atoms with Crippen molar-refractivity contribution in [3.05, 3.63) is 71.8 Å². The highest BCUT2D eigenvalue weighted by atomic mass is 16.5. The van der Waals surface area contributed by atoms with E-state index in [0.29, 0.717) is 31.3 Å². The Hall–Kier alpha value is -2.37. The molecule has 0 aliphatic carbocycles. The van der Waals surface area contributed by atoms with E-state index in [-0.39, 0.29) is 0 Å². The molecule has 2 aliphatic heterocycles. The first-order chi connectivity index (χ1) is 14.8. The zero-order chi connectivity index (χ0) is 20.6. The molecule has 4 rings (SSSR count). The lowest BCUT2D eigenvalue weighted by Gasteiger charge is -2.39. The molecule has 2 atom stereocenters. The van der Waals surface area contributed by atoms with E-state index in [9.17, 15) is 0 Å². The third-order valence-electron chi connectivity index (χ3n) is 6.31. The van der Waals surface area contributed by atoms with Crippen LogP contribution < -0.4 is 10.6 Å². The second-order valence-corrected chi connectivity index (χ2v) is 8.39. The zero-order valence-electron chi connectivity index (χ0n) is 18.0. The monoisotopic (exact) mass is 406 g/mol. The first-order valence-electron chi connectivity index (χ1n) is 11.2. The third kappa shape index (κ3) is 5.61. The Morgan fingerprint density at radius 2 is 1.60 bits per heavy atom. The average Bonchev–Trinajstić information content (AvgIpc) is 3.01. The minimum absolute atomic E-state index is 0.492. The lowest BCUT2D eigenvalue weighted by atomic mass is 9.96. The summed E-state index contributed by atoms with van der Waals surface area (Å²) in [5.74, 6) is 0.888. The number of benzene rings is 2. The van der Waals surface area contributed by atoms with Crippen LogP contribution in [-0.2, 0) is 17.9 Å². The number of ether oxygens (including phenoxy) is 1. The molecule has 2 aliphatic rings. The van der Waals surface area contributed by atoms with Gasteiger partial charge in [-0.15, -0.1) is 0 Å². The van der Waals surface area contributed by atoms with Crippen molar-refractivity contribution in [2.24, 2.45) is 4.99 Å². The van der Waals surface area contributed by atoms with Crippen LogP contribution in [0.25, 0.3) is 0 Å². The molecule has 30 heavy (non-hydrogen) atoms. The highest BCUT2D eigenvalue weighted by Crippen LogP contribution is 2.36. The predicted molar refractivity (Wildman–Crippen MR) is 122 cm³/mol. The van der Waals surface area contributed by atoms with Gasteiger partial charge < -0.3 is 15.4 Å². The summed E-state index contributed by atoms with van der Waals surface area (Å²) in [5.41, 5.74) is 2.63. The highest BCUT2D eigenvalue weighted by molar-refractivity contribution is 5.79. The van der Waals surface area contributed by atoms with Crippen LogP contribution in [0.4, 0.5) is 0 Å². The molecule has 2 N–H and O–H groups in total. The molecule has 2 bridgehead atoms. The molecule has 0 spiro atoms. The number of guanidine groups is 1. The van der Waals surface area contributed by atoms with Gasteiger partial charge in [0.2, 0.25) is 0 Å². The van der Waals surface area contributed by atoms with Crippen molar-refractivity contribution in [1.29, 1.82) is 0 Å². The Morgan fingerprint density at radius 3 is 2.23 bits per heavy atom. The van der Waals surface area contributed by atoms with E-state index in [1.54, 1.807) is 0 Å². The largest absolute Gasteiger partial charge is 0.375 e. The quantitative estimate of drug-likeness (QED) is 0.400. The maximum atomic E-state index is 5.77. The molecule has 0 saturated carbocycles. The van der Waals surface area contributed by atoms with Gasteiger partial charge in [-0.3, -0.25) is 9.89 Å². The lowest BCUT2D eigenvalue weighted by molar-refractivity contribution is 0.114. The van der Waals surface area contributed by atoms with Crippen molar-refractivity contribution in [2.75, 3.05) is 20.2 Å². The van der Waals surface area contributed by atoms with Crippen molar-refractivity contribution in [1.82, 2.24) is 15.5 Å². The molecule has 0 amide bonds. The summed E-state index contributed by atoms with van der Waals surface area (Å²) in [5, 5.41) is 7.06. The van der Waals surface area contributed by atoms with E-state index in [2.05, 4.69) is 63.0 Å². The summed E-state index contributed by atoms with van der Waals surface area (Å²) in [4.78, 5) is 7.14. The fraction of sp³-hybridized carbons (Fsp3) is 0.480. The Labute approximate surface area is 180 Å². The summed E-state index contributed by atoms with van der Waals surface area (Å²) < 4.78 is 5.77. The van der Waals surface area contributed by atoms with Crippen LogP contribution in [0.1, 0.15) is 36.8 Å². The van der Waals surface area contributed by atoms with Crippen LogP contribution in [0, 0.1) is 0 Å². The molecule has 5 nitrogen and oxygen atoms in total. The lowest BCUT2D eigenvalue weighted by Crippen LogP contribution is -2.52. The smallest absolute Gasteiger partial charge is 0.191 e. The summed E-state index contributed by atoms with van der Waals surface area (Å²) in [6.45, 7) is 3.15. The second kappa shape index (κ2) is 10.6. The first kappa shape index (κ1) is 20.9. The van der Waals surface area contributed by atoms with Crippen molar-refractivity contribution in [2.45, 2.75) is 57.0 Å². The van der Waals surface area contributed by atoms with Gasteiger partial charge in [0.05, 0.1) is 13.2 Å². The molecule has 2 aromatic carbocycles. The maximum absolute atomic E-state index is 5.77. The SMILES string of the molecule is CN=C(NCCOCc1ccccc1)NC1CC2CCC(C1)N2Cc1ccccc1. The topological polar surface area (TPSA) is 48.9 Å². The summed E-state index contributed by atoms with van der Waals surface area (Å²) in [6, 6.07) is 23.0. The van der Waals surface area contributed by atoms with E-state index in [1.807, 2.05) is 25.2 Å². The van der Waals surface area contributed by atoms with Crippen LogP contribution in [0.2, 0.25) is 0 Å². The molecule has 5 heteroatoms. The molecule has 2 fully saturated rings. The highest BCUT2D eigenvalue weighted by Gasteiger charge is 2.40. The summed E-state index contributed by atoms with van der Waals surface area (Å²) >= 11 is 0. The van der Waals surface area contributed by atoms with Gasteiger partial charge in [-0.1, -0.05) is 60.7 Å². The normalized spacial score (nSPS) is 24.0. The number of hydrogen-bond acceptors (Lipinski definition) is 3. The van der Waals surface area contributed by atoms with Crippen LogP contribution in [0.5, 0.6) is 0 Å². The van der Waals surface area contributed by atoms with Gasteiger partial charge in [-0.05, 0) is 36.8 Å². The number of fused-ring (bicyclic) bond motifs is 2. The number of hydrogen-bond donors (Lipinski definition) is 2. The molecule has 0 radical (unpaired) electrons. The number of rotatable bonds is 8. The molecule has 2 saturated heterocycles. The van der Waals surface area contributed by atoms with Gasteiger partial charge in [0.15, 0.2) is 5.96 Å². The van der Waals surface area contributed by atoms with Gasteiger partial charge in [-0.25, -0.2) is 0 Å². The minimum Gasteiger partial charge on any atom is -0.375 e. The van der Waals surface area contributed by atoms with E-state index >= 15 is 0 Å². The third-order valence-corrected chi connectivity index (χ3v) is 6.31. The van der Waals surface area contributed by atoms with Crippen LogP contribution in [0.3, 0.4) is 0 Å². The number of piperidine rings is 1.